The van der Waals surface area contributed by atoms with E-state index >= 15 is 0 Å². The maximum Gasteiger partial charge on any atom is 0.263 e. The highest BCUT2D eigenvalue weighted by molar-refractivity contribution is 7.12. The summed E-state index contributed by atoms with van der Waals surface area (Å²) in [5.41, 5.74) is 1.02. The van der Waals surface area contributed by atoms with Gasteiger partial charge in [0.05, 0.1) is 4.88 Å². The van der Waals surface area contributed by atoms with Crippen molar-refractivity contribution in [2.75, 3.05) is 13.1 Å². The number of amides is 2. The normalized spacial score (nSPS) is 19.6. The Kier molecular flexibility index (Phi) is 4.29. The fraction of sp³-hybridized carbons (Fsp3) is 0.421. The van der Waals surface area contributed by atoms with Crippen LogP contribution in [-0.2, 0) is 11.3 Å². The topological polar surface area (TPSA) is 53.5 Å². The molecule has 2 saturated heterocycles. The van der Waals surface area contributed by atoms with E-state index in [1.165, 1.54) is 11.3 Å². The zero-order valence-corrected chi connectivity index (χ0v) is 14.9. The number of rotatable bonds is 3. The molecule has 0 saturated carbocycles. The Hall–Kier alpha value is -2.21. The van der Waals surface area contributed by atoms with Crippen molar-refractivity contribution in [2.45, 2.75) is 37.8 Å². The van der Waals surface area contributed by atoms with Crippen molar-refractivity contribution in [3.8, 4) is 0 Å². The minimum absolute atomic E-state index is 0.0907. The summed E-state index contributed by atoms with van der Waals surface area (Å²) in [6, 6.07) is 7.73. The van der Waals surface area contributed by atoms with Gasteiger partial charge in [-0.3, -0.25) is 14.6 Å². The van der Waals surface area contributed by atoms with Crippen molar-refractivity contribution in [1.29, 1.82) is 0 Å². The lowest BCUT2D eigenvalue weighted by atomic mass is 9.84. The molecule has 0 aliphatic carbocycles. The fourth-order valence-electron chi connectivity index (χ4n) is 4.00. The SMILES string of the molecule is O=C(c1cccs1)N1CCC2(CCC(=O)N2Cc2ccncc2)CC1. The molecule has 6 heteroatoms. The zero-order valence-electron chi connectivity index (χ0n) is 14.1. The molecule has 0 N–H and O–H groups in total. The largest absolute Gasteiger partial charge is 0.338 e. The smallest absolute Gasteiger partial charge is 0.263 e. The molecule has 2 fully saturated rings. The van der Waals surface area contributed by atoms with Gasteiger partial charge in [0, 0.05) is 44.0 Å². The minimum atomic E-state index is -0.0907. The van der Waals surface area contributed by atoms with E-state index in [2.05, 4.69) is 9.88 Å². The quantitative estimate of drug-likeness (QED) is 0.851. The Labute approximate surface area is 151 Å². The summed E-state index contributed by atoms with van der Waals surface area (Å²) < 4.78 is 0. The second-order valence-electron chi connectivity index (χ2n) is 6.83. The summed E-state index contributed by atoms with van der Waals surface area (Å²) >= 11 is 1.49. The molecule has 2 amide bonds. The number of thiophene rings is 1. The Bertz CT molecular complexity index is 752. The van der Waals surface area contributed by atoms with Gasteiger partial charge in [0.25, 0.3) is 5.91 Å². The molecule has 0 radical (unpaired) electrons. The van der Waals surface area contributed by atoms with Gasteiger partial charge in [0.1, 0.15) is 0 Å². The van der Waals surface area contributed by atoms with Gasteiger partial charge < -0.3 is 9.80 Å². The van der Waals surface area contributed by atoms with Crippen molar-refractivity contribution >= 4 is 23.2 Å². The molecule has 5 nitrogen and oxygen atoms in total. The molecular formula is C19H21N3O2S. The first-order valence-corrected chi connectivity index (χ1v) is 9.58. The number of nitrogens with zero attached hydrogens (tertiary/aromatic N) is 3. The monoisotopic (exact) mass is 355 g/mol. The van der Waals surface area contributed by atoms with Crippen LogP contribution in [0.1, 0.15) is 40.9 Å². The average molecular weight is 355 g/mol. The number of aromatic nitrogens is 1. The standard InChI is InChI=1S/C19H21N3O2S/c23-17-3-6-19(22(17)14-15-4-9-20-10-5-15)7-11-21(12-8-19)18(24)16-2-1-13-25-16/h1-2,4-5,9-10,13H,3,6-8,11-12,14H2. The summed E-state index contributed by atoms with van der Waals surface area (Å²) in [6.07, 6.45) is 6.78. The van der Waals surface area contributed by atoms with E-state index < -0.39 is 0 Å². The molecule has 0 bridgehead atoms. The molecule has 0 unspecified atom stereocenters. The summed E-state index contributed by atoms with van der Waals surface area (Å²) in [5, 5.41) is 1.94. The number of likely N-dealkylation sites (tertiary alicyclic amines) is 2. The van der Waals surface area contributed by atoms with Gasteiger partial charge in [0.15, 0.2) is 0 Å². The van der Waals surface area contributed by atoms with E-state index in [0.29, 0.717) is 13.0 Å². The third-order valence-electron chi connectivity index (χ3n) is 5.48. The number of carbonyl (C=O) groups excluding carboxylic acids is 2. The van der Waals surface area contributed by atoms with Crippen LogP contribution in [0, 0.1) is 0 Å². The van der Waals surface area contributed by atoms with Crippen LogP contribution in [0.2, 0.25) is 0 Å². The average Bonchev–Trinajstić information content (AvgIpc) is 3.28. The van der Waals surface area contributed by atoms with Crippen LogP contribution in [0.3, 0.4) is 0 Å². The van der Waals surface area contributed by atoms with Crippen molar-refractivity contribution in [3.63, 3.8) is 0 Å². The highest BCUT2D eigenvalue weighted by Crippen LogP contribution is 2.40. The van der Waals surface area contributed by atoms with Crippen molar-refractivity contribution in [1.82, 2.24) is 14.8 Å². The molecule has 2 aromatic heterocycles. The van der Waals surface area contributed by atoms with Gasteiger partial charge >= 0.3 is 0 Å². The summed E-state index contributed by atoms with van der Waals surface area (Å²) in [7, 11) is 0. The molecule has 25 heavy (non-hydrogen) atoms. The maximum absolute atomic E-state index is 12.5. The molecule has 0 atom stereocenters. The molecular weight excluding hydrogens is 334 g/mol. The van der Waals surface area contributed by atoms with E-state index in [4.69, 9.17) is 0 Å². The number of carbonyl (C=O) groups is 2. The third-order valence-corrected chi connectivity index (χ3v) is 6.34. The van der Waals surface area contributed by atoms with Crippen LogP contribution < -0.4 is 0 Å². The second kappa shape index (κ2) is 6.59. The molecule has 2 aromatic rings. The van der Waals surface area contributed by atoms with E-state index in [-0.39, 0.29) is 17.4 Å². The number of hydrogen-bond donors (Lipinski definition) is 0. The number of hydrogen-bond acceptors (Lipinski definition) is 4. The van der Waals surface area contributed by atoms with Gasteiger partial charge in [-0.1, -0.05) is 6.07 Å². The summed E-state index contributed by atoms with van der Waals surface area (Å²) in [4.78, 5) is 33.9. The predicted octanol–water partition coefficient (Wildman–Crippen LogP) is 2.94. The van der Waals surface area contributed by atoms with Gasteiger partial charge in [-0.15, -0.1) is 11.3 Å². The first kappa shape index (κ1) is 16.3. The van der Waals surface area contributed by atoms with E-state index in [1.54, 1.807) is 12.4 Å². The molecule has 2 aliphatic rings. The summed E-state index contributed by atoms with van der Waals surface area (Å²) in [5.74, 6) is 0.352. The Morgan fingerprint density at radius 2 is 1.92 bits per heavy atom. The van der Waals surface area contributed by atoms with Crippen LogP contribution >= 0.6 is 11.3 Å². The van der Waals surface area contributed by atoms with Crippen molar-refractivity contribution in [3.05, 3.63) is 52.5 Å². The lowest BCUT2D eigenvalue weighted by Gasteiger charge is -2.45. The molecule has 4 rings (SSSR count). The zero-order chi connectivity index (χ0) is 17.3. The fourth-order valence-corrected chi connectivity index (χ4v) is 4.69. The van der Waals surface area contributed by atoms with Crippen molar-refractivity contribution in [2.24, 2.45) is 0 Å². The van der Waals surface area contributed by atoms with Crippen LogP contribution in [-0.4, -0.2) is 45.2 Å². The Morgan fingerprint density at radius 1 is 1.16 bits per heavy atom. The second-order valence-corrected chi connectivity index (χ2v) is 7.78. The first-order chi connectivity index (χ1) is 12.2. The van der Waals surface area contributed by atoms with Gasteiger partial charge in [-0.25, -0.2) is 0 Å². The Balaban J connectivity index is 1.47. The molecule has 130 valence electrons. The van der Waals surface area contributed by atoms with Gasteiger partial charge in [-0.2, -0.15) is 0 Å². The van der Waals surface area contributed by atoms with E-state index in [0.717, 1.165) is 42.8 Å². The molecule has 0 aromatic carbocycles. The Morgan fingerprint density at radius 3 is 2.60 bits per heavy atom. The third kappa shape index (κ3) is 3.06. The number of pyridine rings is 1. The highest BCUT2D eigenvalue weighted by Gasteiger charge is 2.47. The predicted molar refractivity (Wildman–Crippen MR) is 96.2 cm³/mol. The summed E-state index contributed by atoms with van der Waals surface area (Å²) in [6.45, 7) is 2.08. The van der Waals surface area contributed by atoms with Crippen LogP contribution in [0.5, 0.6) is 0 Å². The van der Waals surface area contributed by atoms with E-state index in [1.807, 2.05) is 34.5 Å². The first-order valence-electron chi connectivity index (χ1n) is 8.70. The molecule has 1 spiro atoms. The van der Waals surface area contributed by atoms with Crippen LogP contribution in [0.15, 0.2) is 42.0 Å². The molecule has 4 heterocycles. The van der Waals surface area contributed by atoms with Gasteiger partial charge in [-0.05, 0) is 48.4 Å². The van der Waals surface area contributed by atoms with Crippen molar-refractivity contribution < 1.29 is 9.59 Å². The maximum atomic E-state index is 12.5. The molecule has 2 aliphatic heterocycles. The van der Waals surface area contributed by atoms with Gasteiger partial charge in [0.2, 0.25) is 5.91 Å². The minimum Gasteiger partial charge on any atom is -0.338 e. The lowest BCUT2D eigenvalue weighted by Crippen LogP contribution is -2.53. The van der Waals surface area contributed by atoms with Crippen LogP contribution in [0.4, 0.5) is 0 Å². The highest BCUT2D eigenvalue weighted by atomic mass is 32.1. The van der Waals surface area contributed by atoms with Crippen LogP contribution in [0.25, 0.3) is 0 Å². The van der Waals surface area contributed by atoms with E-state index in [9.17, 15) is 9.59 Å². The lowest BCUT2D eigenvalue weighted by molar-refractivity contribution is -0.133. The number of piperidine rings is 1.